The highest BCUT2D eigenvalue weighted by Gasteiger charge is 2.64. The Morgan fingerprint density at radius 1 is 0.955 bits per heavy atom. The number of halogens is 5. The summed E-state index contributed by atoms with van der Waals surface area (Å²) in [6, 6.07) is -0.525. The first kappa shape index (κ1) is 73.3. The van der Waals surface area contributed by atoms with Gasteiger partial charge < -0.3 is 70.9 Å². The Hall–Kier alpha value is -6.46. The molecule has 29 heteroatoms. The Bertz CT molecular complexity index is 3000. The van der Waals surface area contributed by atoms with E-state index in [0.29, 0.717) is 60.6 Å². The second-order valence-electron chi connectivity index (χ2n) is 23.0. The SMILES string of the molecule is COc1cc2cc(c1Cl)N(C)C(=O)C[C@H](OC(=O)[C@H](C)N(C)C(=O)c1cc(F)c(NC(=O)[C@H](CCCNC(N)=O)NC(=O)[C@@H](NC(=O)CCCCCNC(=O)C(CBr)CBr)C(C)C)cc1F)[C@]1(C)O[C@H]1[C@H](C)[C@@H]1C[C@@](O)(NC(=O)O1)[C@H](OC)/C=C/C=C(\C)C2. The molecule has 89 heavy (non-hydrogen) atoms. The number of primary amides is 1. The number of epoxide rings is 1. The van der Waals surface area contributed by atoms with Crippen molar-refractivity contribution in [1.82, 2.24) is 31.5 Å². The van der Waals surface area contributed by atoms with Crippen LogP contribution in [0.3, 0.4) is 0 Å². The van der Waals surface area contributed by atoms with Crippen LogP contribution in [-0.2, 0) is 54.1 Å². The Balaban J connectivity index is 1.34. The summed E-state index contributed by atoms with van der Waals surface area (Å²) in [5.74, 6) is -9.06. The Labute approximate surface area is 538 Å². The molecule has 0 spiro atoms. The van der Waals surface area contributed by atoms with Crippen LogP contribution < -0.4 is 47.3 Å². The fraction of sp³-hybridized carbons (Fsp3) is 0.583. The molecular weight excluding hydrogens is 1320 g/mol. The zero-order valence-corrected chi connectivity index (χ0v) is 55.5. The van der Waals surface area contributed by atoms with Gasteiger partial charge in [-0.15, -0.1) is 0 Å². The van der Waals surface area contributed by atoms with Crippen LogP contribution >= 0.6 is 43.5 Å². The highest BCUT2D eigenvalue weighted by molar-refractivity contribution is 9.09. The standard InChI is InChI=1S/C60H82Br2ClF2N9O15/c1-31(2)50(71-47(75)19-12-11-13-20-67-52(77)36(29-61)30-62)54(79)69-40(17-15-21-68-57(66)82)53(78)70-41-26-38(64)37(25-39(41)65)55(80)73(7)34(5)56(81)88-46-27-48(76)74(8)42-23-35(24-43(85-9)49(42)63)22-32(3)16-14-18-45(86-10)60(84)28-44(87-58(83)72-60)33(4)51-59(46,6)89-51/h14,16,18,23-26,31,33-34,36,40,44-46,50-51,84H,11-13,15,17,19-22,27-30H2,1-10H3,(H,67,77)(H,69,79)(H,70,78)(H,71,75)(H,72,83)(H3,66,68,82)/b18-14+,32-16+/t33-,34+,40+,44+,45-,46+,50+,51+,59+,60+/m1/s1. The Morgan fingerprint density at radius 2 is 1.64 bits per heavy atom. The van der Waals surface area contributed by atoms with Crippen molar-refractivity contribution in [2.24, 2.45) is 23.5 Å². The van der Waals surface area contributed by atoms with Crippen LogP contribution in [0, 0.1) is 29.4 Å². The van der Waals surface area contributed by atoms with Gasteiger partial charge >= 0.3 is 18.1 Å². The van der Waals surface area contributed by atoms with E-state index in [-0.39, 0.29) is 60.5 Å². The number of aliphatic hydroxyl groups is 1. The van der Waals surface area contributed by atoms with Crippen molar-refractivity contribution in [2.75, 3.05) is 62.3 Å². The van der Waals surface area contributed by atoms with Gasteiger partial charge in [0, 0.05) is 69.8 Å². The normalized spacial score (nSPS) is 23.8. The molecule has 0 aliphatic carbocycles. The third kappa shape index (κ3) is 19.5. The van der Waals surface area contributed by atoms with Gasteiger partial charge in [-0.05, 0) is 82.6 Å². The number of benzene rings is 2. The van der Waals surface area contributed by atoms with Gasteiger partial charge in [0.1, 0.15) is 64.4 Å². The van der Waals surface area contributed by atoms with Gasteiger partial charge in [-0.1, -0.05) is 94.5 Å². The number of hydrogen-bond acceptors (Lipinski definition) is 15. The summed E-state index contributed by atoms with van der Waals surface area (Å²) in [5.41, 5.74) is 1.95. The lowest BCUT2D eigenvalue weighted by molar-refractivity contribution is -0.158. The second kappa shape index (κ2) is 33.0. The quantitative estimate of drug-likeness (QED) is 0.0237. The fourth-order valence-electron chi connectivity index (χ4n) is 10.3. The van der Waals surface area contributed by atoms with E-state index in [4.69, 9.17) is 41.0 Å². The maximum absolute atomic E-state index is 16.2. The van der Waals surface area contributed by atoms with Crippen molar-refractivity contribution in [3.63, 3.8) is 0 Å². The van der Waals surface area contributed by atoms with E-state index >= 15 is 8.78 Å². The van der Waals surface area contributed by atoms with Gasteiger partial charge in [-0.3, -0.25) is 34.1 Å². The summed E-state index contributed by atoms with van der Waals surface area (Å²) in [6.07, 6.45) is 0.982. The fourth-order valence-corrected chi connectivity index (χ4v) is 12.3. The molecule has 0 aromatic heterocycles. The Morgan fingerprint density at radius 3 is 2.28 bits per heavy atom. The van der Waals surface area contributed by atoms with Crippen LogP contribution in [0.25, 0.3) is 0 Å². The number of rotatable bonds is 25. The zero-order chi connectivity index (χ0) is 66.2. The largest absolute Gasteiger partial charge is 0.495 e. The molecule has 2 saturated heterocycles. The van der Waals surface area contributed by atoms with Gasteiger partial charge in [0.05, 0.1) is 42.5 Å². The molecule has 2 fully saturated rings. The molecule has 0 unspecified atom stereocenters. The number of carbonyl (C=O) groups is 9. The monoisotopic (exact) mass is 1400 g/mol. The number of allylic oxidation sites excluding steroid dienone is 3. The van der Waals surface area contributed by atoms with Gasteiger partial charge in [0.25, 0.3) is 5.91 Å². The maximum atomic E-state index is 16.2. The number of hydrogen-bond donors (Lipinski definition) is 8. The summed E-state index contributed by atoms with van der Waals surface area (Å²) < 4.78 is 61.6. The van der Waals surface area contributed by atoms with Crippen LogP contribution in [-0.4, -0.2) is 169 Å². The van der Waals surface area contributed by atoms with E-state index in [2.05, 4.69) is 63.8 Å². The van der Waals surface area contributed by atoms with Crippen molar-refractivity contribution in [2.45, 2.75) is 153 Å². The molecule has 9 N–H and O–H groups in total. The van der Waals surface area contributed by atoms with Crippen LogP contribution in [0.1, 0.15) is 109 Å². The molecule has 10 atom stereocenters. The number of methoxy groups -OCH3 is 2. The van der Waals surface area contributed by atoms with Crippen LogP contribution in [0.5, 0.6) is 5.75 Å². The zero-order valence-electron chi connectivity index (χ0n) is 51.5. The first-order valence-electron chi connectivity index (χ1n) is 29.1. The van der Waals surface area contributed by atoms with Crippen molar-refractivity contribution >= 4 is 108 Å². The van der Waals surface area contributed by atoms with E-state index in [1.165, 1.54) is 33.1 Å². The summed E-state index contributed by atoms with van der Waals surface area (Å²) >= 11 is 13.4. The highest BCUT2D eigenvalue weighted by Crippen LogP contribution is 2.49. The predicted octanol–water partition coefficient (Wildman–Crippen LogP) is 6.20. The summed E-state index contributed by atoms with van der Waals surface area (Å²) in [4.78, 5) is 122. The van der Waals surface area contributed by atoms with Crippen LogP contribution in [0.15, 0.2) is 48.1 Å². The molecule has 3 aliphatic heterocycles. The number of nitrogens with zero attached hydrogens (tertiary/aromatic N) is 2. The smallest absolute Gasteiger partial charge is 0.409 e. The topological polar surface area (TPSA) is 328 Å². The number of nitrogens with one attached hydrogen (secondary N) is 6. The molecule has 3 aliphatic rings. The number of carbonyl (C=O) groups excluding carboxylic acids is 9. The lowest BCUT2D eigenvalue weighted by Crippen LogP contribution is -2.63. The lowest BCUT2D eigenvalue weighted by atomic mass is 9.83. The molecule has 9 amide bonds. The number of alkyl carbamates (subject to hydrolysis) is 1. The molecular formula is C60H82Br2ClF2N9O15. The Kier molecular flexibility index (Phi) is 27.2. The lowest BCUT2D eigenvalue weighted by Gasteiger charge is -2.42. The van der Waals surface area contributed by atoms with Crippen LogP contribution in [0.4, 0.5) is 29.7 Å². The number of fused-ring (bicyclic) bond motifs is 5. The van der Waals surface area contributed by atoms with E-state index < -0.39 is 143 Å². The van der Waals surface area contributed by atoms with Gasteiger partial charge in [0.2, 0.25) is 29.5 Å². The third-order valence-corrected chi connectivity index (χ3v) is 17.9. The minimum atomic E-state index is -1.97. The van der Waals surface area contributed by atoms with E-state index in [1.54, 1.807) is 58.1 Å². The third-order valence-electron chi connectivity index (χ3n) is 16.0. The maximum Gasteiger partial charge on any atom is 0.409 e. The van der Waals surface area contributed by atoms with Gasteiger partial charge in [-0.2, -0.15) is 0 Å². The first-order chi connectivity index (χ1) is 41.9. The molecule has 24 nitrogen and oxygen atoms in total. The average molecular weight is 1400 g/mol. The van der Waals surface area contributed by atoms with Gasteiger partial charge in [0.15, 0.2) is 5.72 Å². The highest BCUT2D eigenvalue weighted by atomic mass is 79.9. The van der Waals surface area contributed by atoms with E-state index in [9.17, 15) is 48.3 Å². The minimum Gasteiger partial charge on any atom is -0.495 e. The molecule has 0 radical (unpaired) electrons. The molecule has 4 bridgehead atoms. The number of likely N-dealkylation sites (N-methyl/N-ethyl adjacent to an activating group) is 1. The van der Waals surface area contributed by atoms with Gasteiger partial charge in [-0.25, -0.2) is 23.2 Å². The molecule has 0 saturated carbocycles. The number of ether oxygens (including phenoxy) is 5. The number of amides is 9. The number of unbranched alkanes of at least 4 members (excludes halogenated alkanes) is 2. The number of esters is 1. The van der Waals surface area contributed by atoms with E-state index in [0.717, 1.165) is 17.5 Å². The average Bonchev–Trinajstić information content (AvgIpc) is 1.59. The summed E-state index contributed by atoms with van der Waals surface area (Å²) in [7, 11) is 5.38. The first-order valence-corrected chi connectivity index (χ1v) is 31.7. The minimum absolute atomic E-state index is 0.0331. The second-order valence-corrected chi connectivity index (χ2v) is 24.7. The predicted molar refractivity (Wildman–Crippen MR) is 333 cm³/mol. The molecule has 3 heterocycles. The molecule has 492 valence electrons. The van der Waals surface area contributed by atoms with Crippen LogP contribution in [0.2, 0.25) is 5.02 Å². The van der Waals surface area contributed by atoms with Crippen molar-refractivity contribution in [3.8, 4) is 5.75 Å². The number of nitrogens with two attached hydrogens (primary N) is 1. The summed E-state index contributed by atoms with van der Waals surface area (Å²) in [5, 5.41) is 28.2. The number of urea groups is 1. The van der Waals surface area contributed by atoms with Crippen molar-refractivity contribution in [3.05, 3.63) is 75.9 Å². The molecule has 5 rings (SSSR count). The van der Waals surface area contributed by atoms with E-state index in [1.807, 2.05) is 6.92 Å². The van der Waals surface area contributed by atoms with Crippen molar-refractivity contribution < 1.29 is 80.7 Å². The van der Waals surface area contributed by atoms with Crippen molar-refractivity contribution in [1.29, 1.82) is 0 Å². The number of alkyl halides is 2. The number of anilines is 2. The molecule has 2 aromatic carbocycles. The molecule has 2 aromatic rings. The summed E-state index contributed by atoms with van der Waals surface area (Å²) in [6.45, 7) is 10.1.